The summed E-state index contributed by atoms with van der Waals surface area (Å²) in [5.41, 5.74) is 8.01. The van der Waals surface area contributed by atoms with Crippen LogP contribution in [0.25, 0.3) is 0 Å². The lowest BCUT2D eigenvalue weighted by Gasteiger charge is -2.31. The molecule has 0 aliphatic carbocycles. The van der Waals surface area contributed by atoms with Crippen LogP contribution in [0.5, 0.6) is 0 Å². The Balaban J connectivity index is 2.30. The fraction of sp³-hybridized carbons (Fsp3) is 0.500. The molecule has 3 N–H and O–H groups in total. The molecule has 4 nitrogen and oxygen atoms in total. The highest BCUT2D eigenvalue weighted by Gasteiger charge is 2.18. The van der Waals surface area contributed by atoms with Crippen molar-refractivity contribution in [2.24, 2.45) is 5.73 Å². The first-order chi connectivity index (χ1) is 8.22. The first-order valence-electron chi connectivity index (χ1n) is 5.71. The Kier molecular flexibility index (Phi) is 4.39. The third-order valence-electron chi connectivity index (χ3n) is 2.94. The van der Waals surface area contributed by atoms with Crippen molar-refractivity contribution in [3.05, 3.63) is 28.2 Å². The molecule has 94 valence electrons. The van der Waals surface area contributed by atoms with Crippen LogP contribution >= 0.6 is 15.9 Å². The molecule has 1 saturated heterocycles. The van der Waals surface area contributed by atoms with Gasteiger partial charge < -0.3 is 20.5 Å². The van der Waals surface area contributed by atoms with E-state index in [0.717, 1.165) is 42.0 Å². The normalized spacial score (nSPS) is 18.2. The zero-order valence-electron chi connectivity index (χ0n) is 9.60. The molecule has 17 heavy (non-hydrogen) atoms. The molecule has 1 aromatic carbocycles. The molecule has 2 rings (SSSR count). The number of nitrogens with zero attached hydrogens (tertiary/aromatic N) is 1. The van der Waals surface area contributed by atoms with Crippen LogP contribution in [0, 0.1) is 0 Å². The van der Waals surface area contributed by atoms with Crippen molar-refractivity contribution in [3.63, 3.8) is 0 Å². The van der Waals surface area contributed by atoms with E-state index in [2.05, 4.69) is 20.8 Å². The quantitative estimate of drug-likeness (QED) is 0.883. The van der Waals surface area contributed by atoms with Gasteiger partial charge in [0.05, 0.1) is 25.9 Å². The monoisotopic (exact) mass is 300 g/mol. The molecule has 1 aliphatic heterocycles. The molecule has 5 heteroatoms. The lowest BCUT2D eigenvalue weighted by atomic mass is 10.0. The molecule has 0 aromatic heterocycles. The Morgan fingerprint density at radius 3 is 2.76 bits per heavy atom. The van der Waals surface area contributed by atoms with Crippen LogP contribution in [-0.2, 0) is 4.74 Å². The largest absolute Gasteiger partial charge is 0.394 e. The molecule has 0 unspecified atom stereocenters. The Morgan fingerprint density at radius 2 is 2.12 bits per heavy atom. The molecule has 0 saturated carbocycles. The molecule has 1 heterocycles. The SMILES string of the molecule is N[C@H](CO)c1cc(Br)ccc1N1CCOCC1. The summed E-state index contributed by atoms with van der Waals surface area (Å²) in [4.78, 5) is 2.25. The van der Waals surface area contributed by atoms with Crippen LogP contribution in [0.4, 0.5) is 5.69 Å². The van der Waals surface area contributed by atoms with E-state index in [4.69, 9.17) is 10.5 Å². The summed E-state index contributed by atoms with van der Waals surface area (Å²) in [6.07, 6.45) is 0. The molecular formula is C12H17BrN2O2. The minimum atomic E-state index is -0.342. The zero-order valence-corrected chi connectivity index (χ0v) is 11.2. The van der Waals surface area contributed by atoms with E-state index >= 15 is 0 Å². The Bertz CT molecular complexity index is 381. The lowest BCUT2D eigenvalue weighted by Crippen LogP contribution is -2.37. The maximum Gasteiger partial charge on any atom is 0.0642 e. The molecule has 1 fully saturated rings. The van der Waals surface area contributed by atoms with Gasteiger partial charge >= 0.3 is 0 Å². The number of morpholine rings is 1. The van der Waals surface area contributed by atoms with Gasteiger partial charge in [0, 0.05) is 23.2 Å². The van der Waals surface area contributed by atoms with E-state index in [1.54, 1.807) is 0 Å². The minimum absolute atomic E-state index is 0.0478. The van der Waals surface area contributed by atoms with Crippen LogP contribution in [0.3, 0.4) is 0 Å². The molecule has 1 aliphatic rings. The van der Waals surface area contributed by atoms with Gasteiger partial charge in [0.25, 0.3) is 0 Å². The molecule has 0 bridgehead atoms. The maximum absolute atomic E-state index is 9.22. The first kappa shape index (κ1) is 12.8. The number of ether oxygens (including phenoxy) is 1. The smallest absolute Gasteiger partial charge is 0.0642 e. The van der Waals surface area contributed by atoms with Crippen molar-refractivity contribution in [1.29, 1.82) is 0 Å². The zero-order chi connectivity index (χ0) is 12.3. The fourth-order valence-electron chi connectivity index (χ4n) is 2.01. The number of hydrogen-bond donors (Lipinski definition) is 2. The lowest BCUT2D eigenvalue weighted by molar-refractivity contribution is 0.122. The maximum atomic E-state index is 9.22. The first-order valence-corrected chi connectivity index (χ1v) is 6.50. The fourth-order valence-corrected chi connectivity index (χ4v) is 2.39. The number of hydrogen-bond acceptors (Lipinski definition) is 4. The van der Waals surface area contributed by atoms with Crippen molar-refractivity contribution in [1.82, 2.24) is 0 Å². The van der Waals surface area contributed by atoms with E-state index in [-0.39, 0.29) is 12.6 Å². The van der Waals surface area contributed by atoms with Crippen LogP contribution in [0.15, 0.2) is 22.7 Å². The predicted octanol–water partition coefficient (Wildman–Crippen LogP) is 1.28. The number of aliphatic hydroxyl groups is 1. The van der Waals surface area contributed by atoms with Crippen LogP contribution in [-0.4, -0.2) is 38.0 Å². The number of halogens is 1. The molecule has 1 aromatic rings. The molecule has 0 radical (unpaired) electrons. The average Bonchev–Trinajstić information content (AvgIpc) is 2.38. The number of anilines is 1. The van der Waals surface area contributed by atoms with Crippen LogP contribution in [0.1, 0.15) is 11.6 Å². The van der Waals surface area contributed by atoms with Crippen molar-refractivity contribution in [3.8, 4) is 0 Å². The van der Waals surface area contributed by atoms with Gasteiger partial charge in [-0.3, -0.25) is 0 Å². The summed E-state index contributed by atoms with van der Waals surface area (Å²) in [6.45, 7) is 3.17. The summed E-state index contributed by atoms with van der Waals surface area (Å²) in [7, 11) is 0. The number of rotatable bonds is 3. The van der Waals surface area contributed by atoms with E-state index in [1.807, 2.05) is 18.2 Å². The molecule has 0 spiro atoms. The van der Waals surface area contributed by atoms with Gasteiger partial charge in [-0.25, -0.2) is 0 Å². The number of nitrogens with two attached hydrogens (primary N) is 1. The minimum Gasteiger partial charge on any atom is -0.394 e. The Morgan fingerprint density at radius 1 is 1.41 bits per heavy atom. The predicted molar refractivity (Wildman–Crippen MR) is 71.2 cm³/mol. The summed E-state index contributed by atoms with van der Waals surface area (Å²) in [5, 5.41) is 9.22. The Labute approximate surface area is 109 Å². The van der Waals surface area contributed by atoms with Crippen molar-refractivity contribution in [2.75, 3.05) is 37.8 Å². The third-order valence-corrected chi connectivity index (χ3v) is 3.43. The van der Waals surface area contributed by atoms with Crippen LogP contribution in [0.2, 0.25) is 0 Å². The standard InChI is InChI=1S/C12H17BrN2O2/c13-9-1-2-12(10(7-9)11(14)8-16)15-3-5-17-6-4-15/h1-2,7,11,16H,3-6,8,14H2/t11-/m1/s1. The highest BCUT2D eigenvalue weighted by atomic mass is 79.9. The summed E-state index contributed by atoms with van der Waals surface area (Å²) in [6, 6.07) is 5.68. The van der Waals surface area contributed by atoms with Gasteiger partial charge in [0.15, 0.2) is 0 Å². The van der Waals surface area contributed by atoms with Gasteiger partial charge in [-0.15, -0.1) is 0 Å². The average molecular weight is 301 g/mol. The molecular weight excluding hydrogens is 284 g/mol. The van der Waals surface area contributed by atoms with Gasteiger partial charge in [0.2, 0.25) is 0 Å². The van der Waals surface area contributed by atoms with E-state index in [0.29, 0.717) is 0 Å². The highest BCUT2D eigenvalue weighted by molar-refractivity contribution is 9.10. The second-order valence-corrected chi connectivity index (χ2v) is 5.01. The van der Waals surface area contributed by atoms with E-state index in [9.17, 15) is 5.11 Å². The molecule has 0 amide bonds. The van der Waals surface area contributed by atoms with Crippen molar-refractivity contribution >= 4 is 21.6 Å². The van der Waals surface area contributed by atoms with Crippen molar-refractivity contribution in [2.45, 2.75) is 6.04 Å². The molecule has 1 atom stereocenters. The highest BCUT2D eigenvalue weighted by Crippen LogP contribution is 2.29. The number of benzene rings is 1. The summed E-state index contributed by atoms with van der Waals surface area (Å²) < 4.78 is 6.32. The van der Waals surface area contributed by atoms with Crippen molar-refractivity contribution < 1.29 is 9.84 Å². The summed E-state index contributed by atoms with van der Waals surface area (Å²) in [5.74, 6) is 0. The van der Waals surface area contributed by atoms with E-state index in [1.165, 1.54) is 0 Å². The van der Waals surface area contributed by atoms with Crippen LogP contribution < -0.4 is 10.6 Å². The second kappa shape index (κ2) is 5.82. The van der Waals surface area contributed by atoms with Gasteiger partial charge in [-0.05, 0) is 23.8 Å². The van der Waals surface area contributed by atoms with Gasteiger partial charge in [-0.2, -0.15) is 0 Å². The third kappa shape index (κ3) is 2.98. The summed E-state index contributed by atoms with van der Waals surface area (Å²) >= 11 is 3.44. The van der Waals surface area contributed by atoms with Gasteiger partial charge in [-0.1, -0.05) is 15.9 Å². The number of aliphatic hydroxyl groups excluding tert-OH is 1. The van der Waals surface area contributed by atoms with Gasteiger partial charge in [0.1, 0.15) is 0 Å². The Hall–Kier alpha value is -0.620. The van der Waals surface area contributed by atoms with E-state index < -0.39 is 0 Å². The second-order valence-electron chi connectivity index (χ2n) is 4.09. The topological polar surface area (TPSA) is 58.7 Å².